The van der Waals surface area contributed by atoms with Crippen molar-refractivity contribution in [2.75, 3.05) is 11.9 Å². The van der Waals surface area contributed by atoms with Gasteiger partial charge in [0.1, 0.15) is 5.40 Å². The molecule has 0 aliphatic rings. The molecule has 0 amide bonds. The van der Waals surface area contributed by atoms with Crippen molar-refractivity contribution in [3.05, 3.63) is 0 Å². The summed E-state index contributed by atoms with van der Waals surface area (Å²) in [6.45, 7) is 0. The number of hydrogen-bond acceptors (Lipinski definition) is 3. The molecule has 0 bridgehead atoms. The normalized spacial score (nSPS) is 11.4. The molecule has 0 heterocycles. The fourth-order valence-electron chi connectivity index (χ4n) is 1.95. The molecule has 0 radical (unpaired) electrons. The topological polar surface area (TPSA) is 81.3 Å². The van der Waals surface area contributed by atoms with Crippen molar-refractivity contribution in [2.24, 2.45) is 0 Å². The number of nitrogens with zero attached hydrogens (tertiary/aromatic N) is 1. The van der Waals surface area contributed by atoms with E-state index in [9.17, 15) is 4.57 Å². The van der Waals surface area contributed by atoms with Gasteiger partial charge in [0.25, 0.3) is 0 Å². The summed E-state index contributed by atoms with van der Waals surface area (Å²) in [5.74, 6) is 0.954. The van der Waals surface area contributed by atoms with Crippen LogP contribution >= 0.6 is 19.4 Å². The molecule has 112 valence electrons. The van der Waals surface area contributed by atoms with Crippen molar-refractivity contribution in [1.82, 2.24) is 0 Å². The standard InChI is InChI=1S/C13H26NO3PS/c14-13-19-12-10-8-6-4-2-1-3-5-7-9-11-18(15,16)17/h1-12H2,(H2,15,16,17). The van der Waals surface area contributed by atoms with Gasteiger partial charge in [-0.2, -0.15) is 5.26 Å². The third-order valence-electron chi connectivity index (χ3n) is 3.01. The molecule has 0 aromatic carbocycles. The lowest BCUT2D eigenvalue weighted by atomic mass is 10.1. The molecular weight excluding hydrogens is 281 g/mol. The molecule has 0 aliphatic carbocycles. The summed E-state index contributed by atoms with van der Waals surface area (Å²) in [5.41, 5.74) is 0. The Morgan fingerprint density at radius 2 is 1.26 bits per heavy atom. The van der Waals surface area contributed by atoms with Gasteiger partial charge >= 0.3 is 7.60 Å². The van der Waals surface area contributed by atoms with Gasteiger partial charge in [0.2, 0.25) is 0 Å². The first-order chi connectivity index (χ1) is 9.06. The minimum absolute atomic E-state index is 0.0354. The maximum Gasteiger partial charge on any atom is 0.325 e. The van der Waals surface area contributed by atoms with E-state index in [0.29, 0.717) is 6.42 Å². The summed E-state index contributed by atoms with van der Waals surface area (Å²) in [5, 5.41) is 10.4. The lowest BCUT2D eigenvalue weighted by Crippen LogP contribution is -1.88. The molecule has 0 fully saturated rings. The minimum atomic E-state index is -3.77. The molecule has 2 N–H and O–H groups in total. The highest BCUT2D eigenvalue weighted by atomic mass is 32.2. The first kappa shape index (κ1) is 19.0. The van der Waals surface area contributed by atoms with Gasteiger partial charge in [-0.15, -0.1) is 0 Å². The Morgan fingerprint density at radius 3 is 1.68 bits per heavy atom. The predicted octanol–water partition coefficient (Wildman–Crippen LogP) is 4.28. The van der Waals surface area contributed by atoms with Gasteiger partial charge in [0, 0.05) is 11.9 Å². The number of hydrogen-bond donors (Lipinski definition) is 2. The van der Waals surface area contributed by atoms with Gasteiger partial charge < -0.3 is 9.79 Å². The quantitative estimate of drug-likeness (QED) is 0.301. The molecule has 0 aliphatic heterocycles. The van der Waals surface area contributed by atoms with Crippen molar-refractivity contribution in [1.29, 1.82) is 5.26 Å². The van der Waals surface area contributed by atoms with Crippen LogP contribution in [0.15, 0.2) is 0 Å². The number of rotatable bonds is 13. The summed E-state index contributed by atoms with van der Waals surface area (Å²) in [4.78, 5) is 17.4. The largest absolute Gasteiger partial charge is 0.325 e. The van der Waals surface area contributed by atoms with Crippen molar-refractivity contribution in [3.8, 4) is 5.40 Å². The molecule has 6 heteroatoms. The van der Waals surface area contributed by atoms with Crippen LogP contribution < -0.4 is 0 Å². The van der Waals surface area contributed by atoms with Gasteiger partial charge in [-0.25, -0.2) is 0 Å². The molecule has 0 unspecified atom stereocenters. The second kappa shape index (κ2) is 13.0. The summed E-state index contributed by atoms with van der Waals surface area (Å²) in [6.07, 6.45) is 11.2. The molecule has 0 spiro atoms. The van der Waals surface area contributed by atoms with E-state index < -0.39 is 7.60 Å². The summed E-state index contributed by atoms with van der Waals surface area (Å²) < 4.78 is 10.6. The van der Waals surface area contributed by atoms with Gasteiger partial charge in [0.05, 0.1) is 0 Å². The molecule has 4 nitrogen and oxygen atoms in total. The summed E-state index contributed by atoms with van der Waals surface area (Å²) in [6, 6.07) is 0. The molecule has 0 aromatic heterocycles. The van der Waals surface area contributed by atoms with E-state index in [0.717, 1.165) is 25.0 Å². The minimum Gasteiger partial charge on any atom is -0.324 e. The van der Waals surface area contributed by atoms with Crippen molar-refractivity contribution < 1.29 is 14.4 Å². The Balaban J connectivity index is 3.03. The fraction of sp³-hybridized carbons (Fsp3) is 0.923. The van der Waals surface area contributed by atoms with Crippen LogP contribution in [0.5, 0.6) is 0 Å². The van der Waals surface area contributed by atoms with Gasteiger partial charge in [-0.05, 0) is 24.6 Å². The van der Waals surface area contributed by atoms with Gasteiger partial charge in [-0.3, -0.25) is 4.57 Å². The first-order valence-corrected chi connectivity index (χ1v) is 9.90. The SMILES string of the molecule is N#CSCCCCCCCCCCCCP(=O)(O)O. The summed E-state index contributed by atoms with van der Waals surface area (Å²) >= 11 is 1.34. The highest BCUT2D eigenvalue weighted by Crippen LogP contribution is 2.35. The lowest BCUT2D eigenvalue weighted by Gasteiger charge is -2.04. The number of nitriles is 1. The number of thioether (sulfide) groups is 1. The van der Waals surface area contributed by atoms with Crippen LogP contribution in [0.3, 0.4) is 0 Å². The Bertz CT molecular complexity index is 288. The Morgan fingerprint density at radius 1 is 0.842 bits per heavy atom. The van der Waals surface area contributed by atoms with Crippen LogP contribution in [0.1, 0.15) is 64.2 Å². The van der Waals surface area contributed by atoms with Crippen molar-refractivity contribution in [3.63, 3.8) is 0 Å². The molecule has 0 atom stereocenters. The van der Waals surface area contributed by atoms with Crippen LogP contribution in [-0.4, -0.2) is 21.7 Å². The fourth-order valence-corrected chi connectivity index (χ4v) is 3.03. The molecule has 0 saturated heterocycles. The lowest BCUT2D eigenvalue weighted by molar-refractivity contribution is 0.370. The first-order valence-electron chi connectivity index (χ1n) is 7.12. The maximum absolute atomic E-state index is 10.6. The zero-order valence-corrected chi connectivity index (χ0v) is 13.3. The Hall–Kier alpha value is -0.0100. The summed E-state index contributed by atoms with van der Waals surface area (Å²) in [7, 11) is -3.77. The molecule has 0 saturated carbocycles. The molecule has 19 heavy (non-hydrogen) atoms. The third-order valence-corrected chi connectivity index (χ3v) is 4.53. The van der Waals surface area contributed by atoms with Crippen LogP contribution in [0.2, 0.25) is 0 Å². The molecule has 0 aromatic rings. The highest BCUT2D eigenvalue weighted by molar-refractivity contribution is 8.03. The highest BCUT2D eigenvalue weighted by Gasteiger charge is 2.10. The predicted molar refractivity (Wildman–Crippen MR) is 81.2 cm³/mol. The van der Waals surface area contributed by atoms with E-state index in [4.69, 9.17) is 15.0 Å². The van der Waals surface area contributed by atoms with E-state index in [1.165, 1.54) is 50.3 Å². The molecular formula is C13H26NO3PS. The van der Waals surface area contributed by atoms with E-state index in [-0.39, 0.29) is 6.16 Å². The van der Waals surface area contributed by atoms with Crippen LogP contribution in [-0.2, 0) is 4.57 Å². The van der Waals surface area contributed by atoms with E-state index in [2.05, 4.69) is 5.40 Å². The number of unbranched alkanes of at least 4 members (excludes halogenated alkanes) is 9. The van der Waals surface area contributed by atoms with Crippen LogP contribution in [0.25, 0.3) is 0 Å². The van der Waals surface area contributed by atoms with Gasteiger partial charge in [0.15, 0.2) is 0 Å². The average Bonchev–Trinajstić information content (AvgIpc) is 2.34. The van der Waals surface area contributed by atoms with Crippen LogP contribution in [0.4, 0.5) is 0 Å². The molecule has 0 rings (SSSR count). The van der Waals surface area contributed by atoms with E-state index >= 15 is 0 Å². The maximum atomic E-state index is 10.6. The zero-order valence-electron chi connectivity index (χ0n) is 11.6. The average molecular weight is 307 g/mol. The van der Waals surface area contributed by atoms with Crippen molar-refractivity contribution in [2.45, 2.75) is 64.2 Å². The monoisotopic (exact) mass is 307 g/mol. The van der Waals surface area contributed by atoms with Gasteiger partial charge in [-0.1, -0.05) is 51.4 Å². The second-order valence-corrected chi connectivity index (χ2v) is 7.52. The zero-order chi connectivity index (χ0) is 14.4. The van der Waals surface area contributed by atoms with E-state index in [1.54, 1.807) is 0 Å². The van der Waals surface area contributed by atoms with E-state index in [1.807, 2.05) is 0 Å². The third kappa shape index (κ3) is 18.0. The second-order valence-electron chi connectivity index (χ2n) is 4.86. The Labute approximate surface area is 121 Å². The Kier molecular flexibility index (Phi) is 13.0. The van der Waals surface area contributed by atoms with Crippen LogP contribution in [0, 0.1) is 10.7 Å². The smallest absolute Gasteiger partial charge is 0.324 e. The van der Waals surface area contributed by atoms with Crippen molar-refractivity contribution >= 4 is 19.4 Å². The number of thiocyanates is 1.